The lowest BCUT2D eigenvalue weighted by Crippen LogP contribution is -2.40. The van der Waals surface area contributed by atoms with Crippen molar-refractivity contribution in [2.45, 2.75) is 11.0 Å². The van der Waals surface area contributed by atoms with Gasteiger partial charge in [0, 0.05) is 12.1 Å². The quantitative estimate of drug-likeness (QED) is 0.143. The monoisotopic (exact) mass is 1160 g/mol. The third-order valence-electron chi connectivity index (χ3n) is 7.98. The van der Waals surface area contributed by atoms with Crippen LogP contribution in [0.4, 0.5) is 49.1 Å². The molecule has 0 aromatic heterocycles. The fourth-order valence-electron chi connectivity index (χ4n) is 4.40. The second kappa shape index (κ2) is 44.6. The average molecular weight is 1170 g/mol. The highest BCUT2D eigenvalue weighted by Gasteiger charge is 2.37. The molecular formula is C40H66F6N4O24S2. The van der Waals surface area contributed by atoms with Crippen molar-refractivity contribution in [3.8, 4) is 11.5 Å². The zero-order valence-electron chi connectivity index (χ0n) is 41.6. The Hall–Kier alpha value is -4.32. The molecule has 28 nitrogen and oxygen atoms in total. The van der Waals surface area contributed by atoms with Gasteiger partial charge >= 0.3 is 11.0 Å². The van der Waals surface area contributed by atoms with Crippen molar-refractivity contribution in [1.29, 1.82) is 0 Å². The molecule has 2 fully saturated rings. The number of methoxy groups -OCH3 is 2. The summed E-state index contributed by atoms with van der Waals surface area (Å²) in [5.41, 5.74) is -2.98. The number of rotatable bonds is 4. The molecule has 0 bridgehead atoms. The SMILES string of the molecule is C1COCCOCCOCCOCCOCCO1.C1COCCOCCOCCOCCOCCO1.COc1ccc([N+](=O)[O-])cc1[NH3+].COc1ccc([N+](=O)[O-])cc1[NH3+].O=S(=O)([O-])C(F)(F)F.O=S(=O)([O-])C(F)(F)F. The van der Waals surface area contributed by atoms with E-state index >= 15 is 0 Å². The molecule has 0 amide bonds. The van der Waals surface area contributed by atoms with E-state index in [1.807, 2.05) is 0 Å². The van der Waals surface area contributed by atoms with Crippen LogP contribution in [0.2, 0.25) is 0 Å². The molecule has 2 aliphatic heterocycles. The number of quaternary nitrogens is 2. The van der Waals surface area contributed by atoms with Crippen molar-refractivity contribution in [2.24, 2.45) is 0 Å². The minimum atomic E-state index is -6.09. The van der Waals surface area contributed by atoms with Crippen LogP contribution in [0.5, 0.6) is 11.5 Å². The molecule has 2 heterocycles. The number of ether oxygens (including phenoxy) is 14. The number of nitro groups is 2. The molecule has 2 aromatic carbocycles. The van der Waals surface area contributed by atoms with E-state index in [0.717, 1.165) is 0 Å². The highest BCUT2D eigenvalue weighted by molar-refractivity contribution is 7.86. The summed E-state index contributed by atoms with van der Waals surface area (Å²) in [6.07, 6.45) is 0. The van der Waals surface area contributed by atoms with E-state index in [9.17, 15) is 46.6 Å². The fraction of sp³-hybridized carbons (Fsp3) is 0.700. The summed E-state index contributed by atoms with van der Waals surface area (Å²) < 4.78 is 192. The molecule has 6 N–H and O–H groups in total. The molecule has 0 spiro atoms. The van der Waals surface area contributed by atoms with Crippen LogP contribution in [0.1, 0.15) is 0 Å². The molecular weight excluding hydrogens is 1100 g/mol. The molecule has 0 aliphatic carbocycles. The fourth-order valence-corrected chi connectivity index (χ4v) is 4.40. The summed E-state index contributed by atoms with van der Waals surface area (Å²) in [6, 6.07) is 8.57. The number of nitro benzene ring substituents is 2. The number of benzene rings is 2. The van der Waals surface area contributed by atoms with Crippen molar-refractivity contribution < 1.29 is 140 Å². The van der Waals surface area contributed by atoms with E-state index in [1.54, 1.807) is 0 Å². The molecule has 76 heavy (non-hydrogen) atoms. The summed E-state index contributed by atoms with van der Waals surface area (Å²) >= 11 is 0. The maximum absolute atomic E-state index is 10.7. The third-order valence-corrected chi connectivity index (χ3v) is 9.11. The Kier molecular flexibility index (Phi) is 43.3. The standard InChI is InChI=1S/2C12H24O6.2C7H8N2O3.2CHF3O3S/c2*1-2-14-5-6-16-9-10-18-12-11-17-8-7-15-4-3-13-1;2*1-12-7-3-2-5(9(10)11)4-6(7)8;2*2-1(3,4)8(5,6)7/h2*1-12H2;2*2-4H,8H2,1H3;2*(H,5,6,7). The number of non-ortho nitro benzene ring substituents is 2. The van der Waals surface area contributed by atoms with Gasteiger partial charge in [-0.3, -0.25) is 20.2 Å². The minimum Gasteiger partial charge on any atom is -0.741 e. The Morgan fingerprint density at radius 2 is 0.553 bits per heavy atom. The van der Waals surface area contributed by atoms with Gasteiger partial charge in [-0.15, -0.1) is 0 Å². The molecule has 0 radical (unpaired) electrons. The first-order chi connectivity index (χ1) is 35.8. The molecule has 2 aromatic rings. The van der Waals surface area contributed by atoms with Gasteiger partial charge in [0.2, 0.25) is 0 Å². The number of halogens is 6. The van der Waals surface area contributed by atoms with Gasteiger partial charge in [0.1, 0.15) is 0 Å². The Balaban J connectivity index is 0. The first kappa shape index (κ1) is 73.8. The van der Waals surface area contributed by atoms with Gasteiger partial charge in [0.05, 0.1) is 195 Å². The summed E-state index contributed by atoms with van der Waals surface area (Å²) in [4.78, 5) is 19.7. The second-order valence-electron chi connectivity index (χ2n) is 13.7. The molecule has 0 unspecified atom stereocenters. The first-order valence-electron chi connectivity index (χ1n) is 22.1. The first-order valence-corrected chi connectivity index (χ1v) is 24.9. The van der Waals surface area contributed by atoms with Crippen molar-refractivity contribution >= 4 is 43.0 Å². The van der Waals surface area contributed by atoms with Crippen LogP contribution >= 0.6 is 0 Å². The lowest BCUT2D eigenvalue weighted by atomic mass is 10.2. The van der Waals surface area contributed by atoms with Crippen molar-refractivity contribution in [3.05, 3.63) is 56.6 Å². The van der Waals surface area contributed by atoms with E-state index in [0.29, 0.717) is 181 Å². The Labute approximate surface area is 434 Å². The normalized spacial score (nSPS) is 17.3. The molecule has 0 saturated carbocycles. The Morgan fingerprint density at radius 3 is 0.645 bits per heavy atom. The highest BCUT2D eigenvalue weighted by Crippen LogP contribution is 2.25. The van der Waals surface area contributed by atoms with Crippen LogP contribution < -0.4 is 20.9 Å². The van der Waals surface area contributed by atoms with Crippen LogP contribution in [0.15, 0.2) is 36.4 Å². The van der Waals surface area contributed by atoms with Gasteiger partial charge < -0.3 is 86.9 Å². The topological polar surface area (TPSA) is 385 Å². The van der Waals surface area contributed by atoms with E-state index in [4.69, 9.17) is 92.3 Å². The van der Waals surface area contributed by atoms with Crippen LogP contribution in [-0.4, -0.2) is 220 Å². The van der Waals surface area contributed by atoms with Gasteiger partial charge in [0.15, 0.2) is 43.1 Å². The van der Waals surface area contributed by atoms with Crippen molar-refractivity contribution in [2.75, 3.05) is 173 Å². The summed E-state index contributed by atoms with van der Waals surface area (Å²) in [6.45, 7) is 14.1. The van der Waals surface area contributed by atoms with Gasteiger partial charge in [-0.05, 0) is 12.1 Å². The van der Waals surface area contributed by atoms with E-state index in [-0.39, 0.29) is 11.4 Å². The second-order valence-corrected chi connectivity index (χ2v) is 16.4. The van der Waals surface area contributed by atoms with E-state index < -0.39 is 41.1 Å². The highest BCUT2D eigenvalue weighted by atomic mass is 32.2. The largest absolute Gasteiger partial charge is 0.741 e. The maximum Gasteiger partial charge on any atom is 0.485 e. The van der Waals surface area contributed by atoms with Gasteiger partial charge in [0.25, 0.3) is 11.4 Å². The summed E-state index contributed by atoms with van der Waals surface area (Å²) in [5, 5.41) is 20.6. The van der Waals surface area contributed by atoms with Crippen LogP contribution in [0, 0.1) is 20.2 Å². The Bertz CT molecular complexity index is 1740. The molecule has 4 rings (SSSR count). The summed E-state index contributed by atoms with van der Waals surface area (Å²) in [7, 11) is -9.19. The predicted octanol–water partition coefficient (Wildman–Crippen LogP) is 1.26. The van der Waals surface area contributed by atoms with Crippen molar-refractivity contribution in [1.82, 2.24) is 0 Å². The smallest absolute Gasteiger partial charge is 0.485 e. The number of hydrogen-bond acceptors (Lipinski definition) is 24. The Morgan fingerprint density at radius 1 is 0.408 bits per heavy atom. The maximum atomic E-state index is 10.7. The van der Waals surface area contributed by atoms with Crippen LogP contribution in [0.25, 0.3) is 0 Å². The lowest BCUT2D eigenvalue weighted by Gasteiger charge is -2.09. The van der Waals surface area contributed by atoms with Crippen molar-refractivity contribution in [3.63, 3.8) is 0 Å². The van der Waals surface area contributed by atoms with Crippen LogP contribution in [-0.2, 0) is 77.1 Å². The molecule has 36 heteroatoms. The van der Waals surface area contributed by atoms with E-state index in [1.165, 1.54) is 50.6 Å². The summed E-state index contributed by atoms with van der Waals surface area (Å²) in [5.74, 6) is 1.11. The molecule has 0 atom stereocenters. The van der Waals surface area contributed by atoms with Gasteiger partial charge in [-0.25, -0.2) is 16.8 Å². The minimum absolute atomic E-state index is 0.0285. The van der Waals surface area contributed by atoms with Crippen LogP contribution in [0.3, 0.4) is 0 Å². The lowest BCUT2D eigenvalue weighted by molar-refractivity contribution is -0.385. The van der Waals surface area contributed by atoms with Gasteiger partial charge in [-0.2, -0.15) is 26.3 Å². The molecule has 2 aliphatic rings. The number of alkyl halides is 6. The average Bonchev–Trinajstić information content (AvgIpc) is 3.34. The van der Waals surface area contributed by atoms with Gasteiger partial charge in [-0.1, -0.05) is 0 Å². The number of nitrogens with zero attached hydrogens (tertiary/aromatic N) is 2. The third kappa shape index (κ3) is 42.8. The van der Waals surface area contributed by atoms with E-state index in [2.05, 4.69) is 11.5 Å². The molecule has 2 saturated heterocycles. The molecule has 444 valence electrons. The predicted molar refractivity (Wildman–Crippen MR) is 246 cm³/mol. The zero-order valence-corrected chi connectivity index (χ0v) is 43.3. The number of hydrogen-bond donors (Lipinski definition) is 2. The zero-order chi connectivity index (χ0) is 57.7.